The van der Waals surface area contributed by atoms with E-state index in [1.165, 1.54) is 6.26 Å². The van der Waals surface area contributed by atoms with Crippen LogP contribution in [0, 0.1) is 0 Å². The second-order valence-electron chi connectivity index (χ2n) is 2.78. The van der Waals surface area contributed by atoms with E-state index in [-0.39, 0.29) is 0 Å². The van der Waals surface area contributed by atoms with Crippen LogP contribution >= 0.6 is 21.6 Å². The molecule has 2 unspecified atom stereocenters. The Morgan fingerprint density at radius 3 is 2.00 bits per heavy atom. The molecule has 0 heterocycles. The minimum absolute atomic E-state index is 0.585. The Bertz CT molecular complexity index is 305. The number of carbonyl (C=O) groups is 3. The highest BCUT2D eigenvalue weighted by Gasteiger charge is 2.50. The molecule has 7 nitrogen and oxygen atoms in total. The lowest BCUT2D eigenvalue weighted by molar-refractivity contribution is -0.169. The Morgan fingerprint density at radius 1 is 1.25 bits per heavy atom. The van der Waals surface area contributed by atoms with Crippen LogP contribution in [-0.4, -0.2) is 55.4 Å². The highest BCUT2D eigenvalue weighted by molar-refractivity contribution is 8.76. The number of aliphatic hydroxyl groups is 1. The second kappa shape index (κ2) is 5.97. The topological polar surface area (TPSA) is 132 Å². The summed E-state index contributed by atoms with van der Waals surface area (Å²) in [5.41, 5.74) is -2.83. The van der Waals surface area contributed by atoms with Gasteiger partial charge in [0.1, 0.15) is 0 Å². The number of rotatable bonds is 7. The normalized spacial score (nSPS) is 16.1. The predicted octanol–water partition coefficient (Wildman–Crippen LogP) is -0.259. The Kier molecular flexibility index (Phi) is 5.62. The van der Waals surface area contributed by atoms with E-state index in [4.69, 9.17) is 15.3 Å². The summed E-state index contributed by atoms with van der Waals surface area (Å²) < 4.78 is 0. The molecule has 9 heteroatoms. The van der Waals surface area contributed by atoms with Gasteiger partial charge in [0.2, 0.25) is 0 Å². The number of hydrogen-bond donors (Lipinski definition) is 4. The van der Waals surface area contributed by atoms with Gasteiger partial charge in [0, 0.05) is 0 Å². The van der Waals surface area contributed by atoms with Crippen LogP contribution in [0.25, 0.3) is 0 Å². The molecule has 0 aromatic carbocycles. The maximum absolute atomic E-state index is 10.8. The van der Waals surface area contributed by atoms with Crippen molar-refractivity contribution in [3.63, 3.8) is 0 Å². The maximum atomic E-state index is 10.8. The molecule has 0 saturated heterocycles. The van der Waals surface area contributed by atoms with Gasteiger partial charge in [-0.05, 0) is 6.26 Å². The van der Waals surface area contributed by atoms with Gasteiger partial charge < -0.3 is 20.4 Å². The van der Waals surface area contributed by atoms with Crippen molar-refractivity contribution in [3.05, 3.63) is 0 Å². The van der Waals surface area contributed by atoms with Gasteiger partial charge in [0.15, 0.2) is 10.9 Å². The maximum Gasteiger partial charge on any atom is 0.338 e. The lowest BCUT2D eigenvalue weighted by atomic mass is 9.95. The smallest absolute Gasteiger partial charge is 0.338 e. The molecule has 0 aliphatic heterocycles. The lowest BCUT2D eigenvalue weighted by Crippen LogP contribution is -2.52. The van der Waals surface area contributed by atoms with Gasteiger partial charge in [-0.3, -0.25) is 9.59 Å². The lowest BCUT2D eigenvalue weighted by Gasteiger charge is -2.26. The van der Waals surface area contributed by atoms with Gasteiger partial charge in [-0.25, -0.2) is 4.79 Å². The van der Waals surface area contributed by atoms with E-state index in [0.717, 1.165) is 10.8 Å². The first-order valence-corrected chi connectivity index (χ1v) is 6.47. The molecule has 4 N–H and O–H groups in total. The van der Waals surface area contributed by atoms with E-state index in [2.05, 4.69) is 0 Å². The van der Waals surface area contributed by atoms with Crippen molar-refractivity contribution in [3.8, 4) is 0 Å². The van der Waals surface area contributed by atoms with Crippen molar-refractivity contribution in [2.75, 3.05) is 6.26 Å². The summed E-state index contributed by atoms with van der Waals surface area (Å²) in [5, 5.41) is 33.8. The van der Waals surface area contributed by atoms with Crippen LogP contribution in [0.5, 0.6) is 0 Å². The summed E-state index contributed by atoms with van der Waals surface area (Å²) in [5.74, 6) is -5.03. The predicted molar refractivity (Wildman–Crippen MR) is 57.4 cm³/mol. The van der Waals surface area contributed by atoms with Gasteiger partial charge >= 0.3 is 17.9 Å². The molecular weight excluding hydrogens is 260 g/mol. The molecule has 0 aliphatic carbocycles. The van der Waals surface area contributed by atoms with Crippen LogP contribution < -0.4 is 0 Å². The number of hydrogen-bond acceptors (Lipinski definition) is 6. The Hall–Kier alpha value is -0.930. The van der Waals surface area contributed by atoms with Crippen LogP contribution in [0.4, 0.5) is 0 Å². The summed E-state index contributed by atoms with van der Waals surface area (Å²) in [4.78, 5) is 32.0. The third kappa shape index (κ3) is 3.58. The fraction of sp³-hybridized carbons (Fsp3) is 0.571. The van der Waals surface area contributed by atoms with Crippen LogP contribution in [0.2, 0.25) is 0 Å². The molecule has 92 valence electrons. The highest BCUT2D eigenvalue weighted by Crippen LogP contribution is 2.34. The molecule has 0 radical (unpaired) electrons. The van der Waals surface area contributed by atoms with Crippen molar-refractivity contribution in [1.82, 2.24) is 0 Å². The fourth-order valence-electron chi connectivity index (χ4n) is 0.932. The van der Waals surface area contributed by atoms with E-state index in [1.54, 1.807) is 0 Å². The summed E-state index contributed by atoms with van der Waals surface area (Å²) in [6.07, 6.45) is 0.316. The van der Waals surface area contributed by atoms with Crippen molar-refractivity contribution in [2.45, 2.75) is 17.3 Å². The minimum Gasteiger partial charge on any atom is -0.481 e. The third-order valence-corrected chi connectivity index (χ3v) is 3.77. The van der Waals surface area contributed by atoms with Crippen molar-refractivity contribution < 1.29 is 34.8 Å². The zero-order valence-electron chi connectivity index (χ0n) is 8.11. The van der Waals surface area contributed by atoms with Gasteiger partial charge in [-0.1, -0.05) is 21.6 Å². The molecule has 0 saturated carbocycles. The summed E-state index contributed by atoms with van der Waals surface area (Å²) >= 11 is 0. The average molecular weight is 270 g/mol. The fourth-order valence-corrected chi connectivity index (χ4v) is 2.85. The van der Waals surface area contributed by atoms with Crippen LogP contribution in [0.1, 0.15) is 6.42 Å². The van der Waals surface area contributed by atoms with E-state index >= 15 is 0 Å². The molecule has 0 aromatic heterocycles. The molecule has 0 fully saturated rings. The van der Waals surface area contributed by atoms with E-state index in [1.807, 2.05) is 0 Å². The second-order valence-corrected chi connectivity index (χ2v) is 5.36. The minimum atomic E-state index is -2.83. The first-order chi connectivity index (χ1) is 7.25. The monoisotopic (exact) mass is 270 g/mol. The van der Waals surface area contributed by atoms with E-state index in [9.17, 15) is 19.5 Å². The zero-order valence-corrected chi connectivity index (χ0v) is 9.75. The summed E-state index contributed by atoms with van der Waals surface area (Å²) in [7, 11) is 1.51. The molecule has 0 bridgehead atoms. The Morgan fingerprint density at radius 2 is 1.75 bits per heavy atom. The van der Waals surface area contributed by atoms with Gasteiger partial charge in [-0.15, -0.1) is 0 Å². The SMILES string of the molecule is CSSC(C(=O)O)C(O)(CC(=O)O)C(=O)O. The van der Waals surface area contributed by atoms with Crippen molar-refractivity contribution in [1.29, 1.82) is 0 Å². The van der Waals surface area contributed by atoms with Crippen molar-refractivity contribution in [2.24, 2.45) is 0 Å². The first-order valence-electron chi connectivity index (χ1n) is 3.85. The number of carboxylic acids is 3. The van der Waals surface area contributed by atoms with Crippen LogP contribution in [0.15, 0.2) is 0 Å². The van der Waals surface area contributed by atoms with Crippen molar-refractivity contribution >= 4 is 39.5 Å². The molecule has 0 spiro atoms. The van der Waals surface area contributed by atoms with Gasteiger partial charge in [0.05, 0.1) is 6.42 Å². The largest absolute Gasteiger partial charge is 0.481 e. The molecule has 0 amide bonds. The number of carboxylic acid groups (broad SMARTS) is 3. The van der Waals surface area contributed by atoms with Crippen LogP contribution in [-0.2, 0) is 14.4 Å². The third-order valence-electron chi connectivity index (χ3n) is 1.64. The quantitative estimate of drug-likeness (QED) is 0.462. The molecule has 16 heavy (non-hydrogen) atoms. The molecule has 0 rings (SSSR count). The Labute approximate surface area is 98.2 Å². The molecule has 0 aliphatic rings. The van der Waals surface area contributed by atoms with Crippen LogP contribution in [0.3, 0.4) is 0 Å². The Balaban J connectivity index is 5.19. The summed E-state index contributed by atoms with van der Waals surface area (Å²) in [6.45, 7) is 0. The standard InChI is InChI=1S/C7H10O7S2/c1-15-16-4(5(10)11)7(14,6(12)13)2-3(8)9/h4,14H,2H2,1H3,(H,8,9)(H,10,11)(H,12,13). The van der Waals surface area contributed by atoms with E-state index < -0.39 is 35.2 Å². The van der Waals surface area contributed by atoms with Gasteiger partial charge in [-0.2, -0.15) is 0 Å². The number of aliphatic carboxylic acids is 3. The summed E-state index contributed by atoms with van der Waals surface area (Å²) in [6, 6.07) is 0. The first kappa shape index (κ1) is 15.1. The van der Waals surface area contributed by atoms with Gasteiger partial charge in [0.25, 0.3) is 0 Å². The molecule has 2 atom stereocenters. The molecule has 0 aromatic rings. The van der Waals surface area contributed by atoms with E-state index in [0.29, 0.717) is 10.8 Å². The highest BCUT2D eigenvalue weighted by atomic mass is 33.1. The zero-order chi connectivity index (χ0) is 12.9. The average Bonchev–Trinajstić information content (AvgIpc) is 2.11. The molecular formula is C7H10O7S2.